The molecule has 2 aliphatic rings. The molecule has 1 aliphatic carbocycles. The van der Waals surface area contributed by atoms with E-state index >= 15 is 0 Å². The van der Waals surface area contributed by atoms with E-state index in [1.807, 2.05) is 30.3 Å². The first kappa shape index (κ1) is 13.5. The number of aryl methyl sites for hydroxylation is 2. The van der Waals surface area contributed by atoms with Crippen LogP contribution in [0, 0.1) is 0 Å². The second kappa shape index (κ2) is 5.53. The molecule has 1 N–H and O–H groups in total. The van der Waals surface area contributed by atoms with Crippen LogP contribution in [0.15, 0.2) is 35.5 Å². The number of aromatic nitrogens is 1. The molecule has 0 saturated carbocycles. The van der Waals surface area contributed by atoms with Crippen molar-refractivity contribution >= 4 is 28.1 Å². The summed E-state index contributed by atoms with van der Waals surface area (Å²) in [6, 6.07) is 9.81. The number of amides is 1. The molecule has 5 nitrogen and oxygen atoms in total. The fourth-order valence-corrected chi connectivity index (χ4v) is 3.82. The normalized spacial score (nSPS) is 19.5. The van der Waals surface area contributed by atoms with Crippen molar-refractivity contribution in [3.8, 4) is 0 Å². The summed E-state index contributed by atoms with van der Waals surface area (Å²) in [4.78, 5) is 23.4. The minimum atomic E-state index is -0.217. The number of fused-ring (bicyclic) bond motifs is 1. The Hall–Kier alpha value is -2.21. The first-order chi connectivity index (χ1) is 10.8. The lowest BCUT2D eigenvalue weighted by molar-refractivity contribution is -0.110. The Morgan fingerprint density at radius 3 is 2.95 bits per heavy atom. The Bertz CT molecular complexity index is 718. The third-order valence-corrected chi connectivity index (χ3v) is 4.99. The van der Waals surface area contributed by atoms with Crippen molar-refractivity contribution in [2.45, 2.75) is 31.8 Å². The van der Waals surface area contributed by atoms with Crippen LogP contribution in [0.2, 0.25) is 0 Å². The molecule has 112 valence electrons. The number of oxime groups is 1. The van der Waals surface area contributed by atoms with Crippen molar-refractivity contribution in [3.63, 3.8) is 0 Å². The molecule has 0 saturated heterocycles. The lowest BCUT2D eigenvalue weighted by atomic mass is 10.0. The summed E-state index contributed by atoms with van der Waals surface area (Å²) in [6.45, 7) is 0. The monoisotopic (exact) mass is 313 g/mol. The third kappa shape index (κ3) is 2.50. The van der Waals surface area contributed by atoms with E-state index in [4.69, 9.17) is 4.84 Å². The summed E-state index contributed by atoms with van der Waals surface area (Å²) in [5.41, 5.74) is 2.58. The molecule has 2 aromatic rings. The molecular weight excluding hydrogens is 298 g/mol. The van der Waals surface area contributed by atoms with Gasteiger partial charge in [0, 0.05) is 11.3 Å². The SMILES string of the molecule is O=C(Nc1nc2c(s1)CCC2)C1=NO[C@@H](c2ccccc2)C1. The highest BCUT2D eigenvalue weighted by Gasteiger charge is 2.28. The minimum Gasteiger partial charge on any atom is -0.387 e. The first-order valence-electron chi connectivity index (χ1n) is 7.37. The van der Waals surface area contributed by atoms with Gasteiger partial charge in [0.1, 0.15) is 5.71 Å². The van der Waals surface area contributed by atoms with Crippen LogP contribution in [0.3, 0.4) is 0 Å². The standard InChI is InChI=1S/C16H15N3O2S/c20-15(18-16-17-11-7-4-8-14(11)22-16)12-9-13(21-19-12)10-5-2-1-3-6-10/h1-3,5-6,13H,4,7-9H2,(H,17,18,20)/t13-/m1/s1. The smallest absolute Gasteiger partial charge is 0.275 e. The van der Waals surface area contributed by atoms with Crippen molar-refractivity contribution in [2.75, 3.05) is 5.32 Å². The molecule has 2 heterocycles. The van der Waals surface area contributed by atoms with Crippen LogP contribution < -0.4 is 5.32 Å². The molecule has 0 spiro atoms. The van der Waals surface area contributed by atoms with E-state index in [1.165, 1.54) is 11.3 Å². The van der Waals surface area contributed by atoms with Gasteiger partial charge in [-0.2, -0.15) is 0 Å². The van der Waals surface area contributed by atoms with E-state index in [2.05, 4.69) is 15.5 Å². The van der Waals surface area contributed by atoms with Gasteiger partial charge in [0.25, 0.3) is 5.91 Å². The molecule has 22 heavy (non-hydrogen) atoms. The zero-order valence-corrected chi connectivity index (χ0v) is 12.7. The number of rotatable bonds is 3. The number of hydrogen-bond donors (Lipinski definition) is 1. The van der Waals surface area contributed by atoms with Crippen LogP contribution >= 0.6 is 11.3 Å². The minimum absolute atomic E-state index is 0.178. The van der Waals surface area contributed by atoms with Crippen LogP contribution in [-0.4, -0.2) is 16.6 Å². The van der Waals surface area contributed by atoms with E-state index in [1.54, 1.807) is 11.3 Å². The van der Waals surface area contributed by atoms with Gasteiger partial charge < -0.3 is 4.84 Å². The van der Waals surface area contributed by atoms with Gasteiger partial charge >= 0.3 is 0 Å². The third-order valence-electron chi connectivity index (χ3n) is 3.92. The number of carbonyl (C=O) groups is 1. The van der Waals surface area contributed by atoms with Gasteiger partial charge in [0.15, 0.2) is 11.2 Å². The average molecular weight is 313 g/mol. The van der Waals surface area contributed by atoms with Gasteiger partial charge in [-0.05, 0) is 24.8 Å². The van der Waals surface area contributed by atoms with Crippen LogP contribution in [0.1, 0.15) is 35.1 Å². The molecule has 0 unspecified atom stereocenters. The molecule has 4 rings (SSSR count). The van der Waals surface area contributed by atoms with Crippen molar-refractivity contribution in [3.05, 3.63) is 46.5 Å². The Morgan fingerprint density at radius 1 is 1.27 bits per heavy atom. The van der Waals surface area contributed by atoms with Crippen molar-refractivity contribution in [2.24, 2.45) is 5.16 Å². The second-order valence-electron chi connectivity index (χ2n) is 5.44. The molecule has 1 atom stereocenters. The topological polar surface area (TPSA) is 63.6 Å². The van der Waals surface area contributed by atoms with Crippen molar-refractivity contribution < 1.29 is 9.63 Å². The lowest BCUT2D eigenvalue weighted by Crippen LogP contribution is -2.21. The summed E-state index contributed by atoms with van der Waals surface area (Å²) in [5.74, 6) is -0.217. The maximum atomic E-state index is 12.3. The maximum Gasteiger partial charge on any atom is 0.275 e. The van der Waals surface area contributed by atoms with Gasteiger partial charge in [-0.25, -0.2) is 4.98 Å². The van der Waals surface area contributed by atoms with Crippen LogP contribution in [-0.2, 0) is 22.5 Å². The van der Waals surface area contributed by atoms with E-state index in [9.17, 15) is 4.79 Å². The fraction of sp³-hybridized carbons (Fsp3) is 0.312. The molecule has 0 radical (unpaired) electrons. The van der Waals surface area contributed by atoms with Gasteiger partial charge in [0.2, 0.25) is 0 Å². The highest BCUT2D eigenvalue weighted by molar-refractivity contribution is 7.16. The fourth-order valence-electron chi connectivity index (χ4n) is 2.77. The molecule has 1 aromatic heterocycles. The highest BCUT2D eigenvalue weighted by Crippen LogP contribution is 2.31. The van der Waals surface area contributed by atoms with E-state index in [-0.39, 0.29) is 12.0 Å². The second-order valence-corrected chi connectivity index (χ2v) is 6.53. The summed E-state index contributed by atoms with van der Waals surface area (Å²) in [6.07, 6.45) is 3.57. The Kier molecular flexibility index (Phi) is 3.38. The molecule has 0 bridgehead atoms. The largest absolute Gasteiger partial charge is 0.387 e. The van der Waals surface area contributed by atoms with E-state index in [0.717, 1.165) is 24.1 Å². The van der Waals surface area contributed by atoms with Crippen molar-refractivity contribution in [1.82, 2.24) is 4.98 Å². The quantitative estimate of drug-likeness (QED) is 0.947. The van der Waals surface area contributed by atoms with Gasteiger partial charge in [-0.15, -0.1) is 11.3 Å². The van der Waals surface area contributed by atoms with Gasteiger partial charge in [-0.3, -0.25) is 10.1 Å². The number of anilines is 1. The van der Waals surface area contributed by atoms with Gasteiger partial charge in [-0.1, -0.05) is 35.5 Å². The average Bonchev–Trinajstić information content (AvgIpc) is 3.23. The number of nitrogens with zero attached hydrogens (tertiary/aromatic N) is 2. The zero-order valence-electron chi connectivity index (χ0n) is 11.9. The maximum absolute atomic E-state index is 12.3. The number of carbonyl (C=O) groups excluding carboxylic acids is 1. The number of nitrogens with one attached hydrogen (secondary N) is 1. The lowest BCUT2D eigenvalue weighted by Gasteiger charge is -2.07. The predicted octanol–water partition coefficient (Wildman–Crippen LogP) is 3.09. The van der Waals surface area contributed by atoms with E-state index in [0.29, 0.717) is 17.3 Å². The van der Waals surface area contributed by atoms with Gasteiger partial charge in [0.05, 0.1) is 5.69 Å². The molecule has 1 aliphatic heterocycles. The molecule has 1 aromatic carbocycles. The number of hydrogen-bond acceptors (Lipinski definition) is 5. The molecule has 6 heteroatoms. The Labute approximate surface area is 132 Å². The van der Waals surface area contributed by atoms with Crippen molar-refractivity contribution in [1.29, 1.82) is 0 Å². The summed E-state index contributed by atoms with van der Waals surface area (Å²) < 4.78 is 0. The number of benzene rings is 1. The summed E-state index contributed by atoms with van der Waals surface area (Å²) in [5, 5.41) is 7.44. The first-order valence-corrected chi connectivity index (χ1v) is 8.19. The summed E-state index contributed by atoms with van der Waals surface area (Å²) in [7, 11) is 0. The Balaban J connectivity index is 1.41. The van der Waals surface area contributed by atoms with Crippen LogP contribution in [0.4, 0.5) is 5.13 Å². The predicted molar refractivity (Wildman–Crippen MR) is 85.1 cm³/mol. The Morgan fingerprint density at radius 2 is 2.14 bits per heavy atom. The zero-order chi connectivity index (χ0) is 14.9. The number of thiazole rings is 1. The van der Waals surface area contributed by atoms with E-state index < -0.39 is 0 Å². The molecular formula is C16H15N3O2S. The summed E-state index contributed by atoms with van der Waals surface area (Å²) >= 11 is 1.57. The van der Waals surface area contributed by atoms with Crippen LogP contribution in [0.25, 0.3) is 0 Å². The molecule has 1 amide bonds. The highest BCUT2D eigenvalue weighted by atomic mass is 32.1. The molecule has 0 fully saturated rings. The van der Waals surface area contributed by atoms with Crippen LogP contribution in [0.5, 0.6) is 0 Å².